The van der Waals surface area contributed by atoms with E-state index in [-0.39, 0.29) is 17.5 Å². The van der Waals surface area contributed by atoms with Gasteiger partial charge in [0.1, 0.15) is 0 Å². The Balaban J connectivity index is 2.23. The van der Waals surface area contributed by atoms with Crippen molar-refractivity contribution < 1.29 is 4.79 Å². The second-order valence-electron chi connectivity index (χ2n) is 5.78. The molecule has 2 fully saturated rings. The second-order valence-corrected chi connectivity index (χ2v) is 6.88. The van der Waals surface area contributed by atoms with E-state index in [4.69, 9.17) is 23.2 Å². The number of halogens is 2. The van der Waals surface area contributed by atoms with Crippen molar-refractivity contribution in [3.05, 3.63) is 0 Å². The minimum atomic E-state index is -0.951. The molecule has 17 heavy (non-hydrogen) atoms. The number of hydrogen-bond donors (Lipinski definition) is 0. The van der Waals surface area contributed by atoms with Crippen LogP contribution in [0.25, 0.3) is 0 Å². The monoisotopic (exact) mass is 278 g/mol. The fraction of sp³-hybridized carbons (Fsp3) is 0.917. The molecule has 2 aliphatic heterocycles. The van der Waals surface area contributed by atoms with Gasteiger partial charge in [0.2, 0.25) is 0 Å². The van der Waals surface area contributed by atoms with E-state index < -0.39 is 4.84 Å². The molecule has 0 spiro atoms. The molecule has 0 aromatic rings. The third kappa shape index (κ3) is 2.29. The van der Waals surface area contributed by atoms with Crippen LogP contribution in [0.15, 0.2) is 0 Å². The van der Waals surface area contributed by atoms with Gasteiger partial charge in [-0.15, -0.1) is 0 Å². The van der Waals surface area contributed by atoms with Gasteiger partial charge < -0.3 is 4.90 Å². The van der Waals surface area contributed by atoms with Crippen molar-refractivity contribution >= 4 is 29.1 Å². The molecular weight excluding hydrogens is 259 g/mol. The summed E-state index contributed by atoms with van der Waals surface area (Å²) in [5.41, 5.74) is 0.112. The quantitative estimate of drug-likeness (QED) is 0.688. The van der Waals surface area contributed by atoms with Gasteiger partial charge in [0, 0.05) is 19.1 Å². The molecule has 0 saturated carbocycles. The summed E-state index contributed by atoms with van der Waals surface area (Å²) in [7, 11) is 0. The van der Waals surface area contributed by atoms with Gasteiger partial charge in [-0.05, 0) is 25.2 Å². The van der Waals surface area contributed by atoms with Gasteiger partial charge in [-0.25, -0.2) is 0 Å². The van der Waals surface area contributed by atoms with E-state index in [1.165, 1.54) is 12.8 Å². The second kappa shape index (κ2) is 4.60. The zero-order valence-corrected chi connectivity index (χ0v) is 12.1. The Labute approximate surface area is 113 Å². The largest absolute Gasteiger partial charge is 0.324 e. The van der Waals surface area contributed by atoms with Gasteiger partial charge in [0.05, 0.1) is 6.17 Å². The Morgan fingerprint density at radius 2 is 2.06 bits per heavy atom. The van der Waals surface area contributed by atoms with Crippen LogP contribution in [0.3, 0.4) is 0 Å². The first-order valence-corrected chi connectivity index (χ1v) is 7.06. The smallest absolute Gasteiger partial charge is 0.257 e. The van der Waals surface area contributed by atoms with Crippen molar-refractivity contribution in [1.29, 1.82) is 0 Å². The first-order valence-electron chi connectivity index (χ1n) is 6.19. The summed E-state index contributed by atoms with van der Waals surface area (Å²) in [6.45, 7) is 8.32. The maximum absolute atomic E-state index is 12.0. The van der Waals surface area contributed by atoms with Crippen LogP contribution in [0.5, 0.6) is 0 Å². The highest BCUT2D eigenvalue weighted by atomic mass is 35.5. The highest BCUT2D eigenvalue weighted by Crippen LogP contribution is 2.40. The Hall–Kier alpha value is 0.01000. The Morgan fingerprint density at radius 1 is 1.41 bits per heavy atom. The summed E-state index contributed by atoms with van der Waals surface area (Å²) in [6.07, 6.45) is 2.55. The molecule has 2 aliphatic rings. The topological polar surface area (TPSA) is 23.6 Å². The van der Waals surface area contributed by atoms with Gasteiger partial charge in [-0.2, -0.15) is 0 Å². The van der Waals surface area contributed by atoms with E-state index in [2.05, 4.69) is 25.7 Å². The lowest BCUT2D eigenvalue weighted by molar-refractivity contribution is -0.147. The maximum atomic E-state index is 12.0. The molecule has 0 N–H and O–H groups in total. The molecule has 0 aliphatic carbocycles. The highest BCUT2D eigenvalue weighted by Gasteiger charge is 2.48. The summed E-state index contributed by atoms with van der Waals surface area (Å²) in [5.74, 6) is -0.167. The number of fused-ring (bicyclic) bond motifs is 1. The first-order chi connectivity index (χ1) is 7.84. The van der Waals surface area contributed by atoms with E-state index >= 15 is 0 Å². The Morgan fingerprint density at radius 3 is 2.65 bits per heavy atom. The van der Waals surface area contributed by atoms with Gasteiger partial charge in [0.15, 0.2) is 4.84 Å². The summed E-state index contributed by atoms with van der Waals surface area (Å²) >= 11 is 11.4. The van der Waals surface area contributed by atoms with Crippen molar-refractivity contribution in [3.8, 4) is 0 Å². The SMILES string of the molecule is CC1N(C(=O)C(Cl)Cl)CC(C)(C)C2CCCN12. The molecule has 2 atom stereocenters. The van der Waals surface area contributed by atoms with Gasteiger partial charge in [-0.3, -0.25) is 9.69 Å². The zero-order chi connectivity index (χ0) is 12.8. The van der Waals surface area contributed by atoms with Crippen molar-refractivity contribution in [2.24, 2.45) is 5.41 Å². The van der Waals surface area contributed by atoms with Gasteiger partial charge in [0.25, 0.3) is 5.91 Å². The normalized spacial score (nSPS) is 32.9. The summed E-state index contributed by atoms with van der Waals surface area (Å²) in [4.78, 5) is 15.3. The number of hydrogen-bond acceptors (Lipinski definition) is 2. The Kier molecular flexibility index (Phi) is 3.64. The summed E-state index contributed by atoms with van der Waals surface area (Å²) in [6, 6.07) is 0.575. The lowest BCUT2D eigenvalue weighted by atomic mass is 9.80. The fourth-order valence-electron chi connectivity index (χ4n) is 3.32. The van der Waals surface area contributed by atoms with E-state index in [9.17, 15) is 4.79 Å². The number of carbonyl (C=O) groups is 1. The van der Waals surface area contributed by atoms with Crippen LogP contribution in [-0.2, 0) is 4.79 Å². The van der Waals surface area contributed by atoms with E-state index in [0.717, 1.165) is 13.1 Å². The van der Waals surface area contributed by atoms with Crippen molar-refractivity contribution in [1.82, 2.24) is 9.80 Å². The molecule has 0 aromatic heterocycles. The van der Waals surface area contributed by atoms with E-state index in [0.29, 0.717) is 6.04 Å². The van der Waals surface area contributed by atoms with Crippen LogP contribution >= 0.6 is 23.2 Å². The highest BCUT2D eigenvalue weighted by molar-refractivity contribution is 6.53. The lowest BCUT2D eigenvalue weighted by Gasteiger charge is -2.52. The number of nitrogens with zero attached hydrogens (tertiary/aromatic N) is 2. The van der Waals surface area contributed by atoms with E-state index in [1.807, 2.05) is 4.90 Å². The molecule has 0 radical (unpaired) electrons. The first kappa shape index (κ1) is 13.4. The molecule has 3 nitrogen and oxygen atoms in total. The van der Waals surface area contributed by atoms with Gasteiger partial charge in [-0.1, -0.05) is 37.0 Å². The standard InChI is InChI=1S/C12H20Cl2N2O/c1-8-15-6-4-5-9(15)12(2,3)7-16(8)11(17)10(13)14/h8-10H,4-7H2,1-3H3. The zero-order valence-electron chi connectivity index (χ0n) is 10.6. The van der Waals surface area contributed by atoms with Gasteiger partial charge >= 0.3 is 0 Å². The number of alkyl halides is 2. The van der Waals surface area contributed by atoms with Crippen molar-refractivity contribution in [2.75, 3.05) is 13.1 Å². The number of carbonyl (C=O) groups excluding carboxylic acids is 1. The minimum absolute atomic E-state index is 0.112. The minimum Gasteiger partial charge on any atom is -0.324 e. The van der Waals surface area contributed by atoms with Crippen LogP contribution < -0.4 is 0 Å². The van der Waals surface area contributed by atoms with Crippen LogP contribution in [0.4, 0.5) is 0 Å². The predicted octanol–water partition coefficient (Wildman–Crippen LogP) is 2.47. The number of rotatable bonds is 1. The average Bonchev–Trinajstić information content (AvgIpc) is 2.72. The van der Waals surface area contributed by atoms with Crippen molar-refractivity contribution in [2.45, 2.75) is 50.7 Å². The predicted molar refractivity (Wildman–Crippen MR) is 70.2 cm³/mol. The summed E-state index contributed by atoms with van der Waals surface area (Å²) in [5, 5.41) is 0. The molecule has 2 heterocycles. The van der Waals surface area contributed by atoms with Crippen molar-refractivity contribution in [3.63, 3.8) is 0 Å². The maximum Gasteiger partial charge on any atom is 0.257 e. The Bertz CT molecular complexity index is 320. The molecular formula is C12H20Cl2N2O. The molecule has 0 bridgehead atoms. The molecule has 5 heteroatoms. The molecule has 2 unspecified atom stereocenters. The molecule has 98 valence electrons. The third-order valence-electron chi connectivity index (χ3n) is 4.17. The molecule has 2 rings (SSSR count). The number of amides is 1. The molecule has 2 saturated heterocycles. The van der Waals surface area contributed by atoms with Crippen LogP contribution in [-0.4, -0.2) is 45.8 Å². The van der Waals surface area contributed by atoms with E-state index in [1.54, 1.807) is 0 Å². The average molecular weight is 279 g/mol. The summed E-state index contributed by atoms with van der Waals surface area (Å²) < 4.78 is 0. The fourth-order valence-corrected chi connectivity index (χ4v) is 3.57. The van der Waals surface area contributed by atoms with Crippen LogP contribution in [0, 0.1) is 5.41 Å². The lowest BCUT2D eigenvalue weighted by Crippen LogP contribution is -2.64. The molecule has 1 amide bonds. The van der Waals surface area contributed by atoms with Crippen LogP contribution in [0.1, 0.15) is 33.6 Å². The molecule has 0 aromatic carbocycles. The van der Waals surface area contributed by atoms with Crippen LogP contribution in [0.2, 0.25) is 0 Å². The third-order valence-corrected chi connectivity index (χ3v) is 4.55.